The van der Waals surface area contributed by atoms with E-state index in [1.54, 1.807) is 19.2 Å². The average molecular weight is 413 g/mol. The lowest BCUT2D eigenvalue weighted by Gasteiger charge is -2.14. The van der Waals surface area contributed by atoms with Crippen LogP contribution >= 0.6 is 0 Å². The normalized spacial score (nSPS) is 12.2. The summed E-state index contributed by atoms with van der Waals surface area (Å²) in [6.07, 6.45) is 0.931. The molecule has 1 amide bonds. The van der Waals surface area contributed by atoms with Gasteiger partial charge in [0.2, 0.25) is 0 Å². The Bertz CT molecular complexity index is 804. The first-order valence-corrected chi connectivity index (χ1v) is 10.3. The lowest BCUT2D eigenvalue weighted by atomic mass is 9.98. The molecule has 0 aliphatic rings. The number of phenols is 1. The van der Waals surface area contributed by atoms with Gasteiger partial charge in [0.05, 0.1) is 7.11 Å². The summed E-state index contributed by atoms with van der Waals surface area (Å²) in [4.78, 5) is 16.7. The van der Waals surface area contributed by atoms with Gasteiger partial charge in [-0.15, -0.1) is 0 Å². The van der Waals surface area contributed by atoms with E-state index in [2.05, 4.69) is 40.0 Å². The first-order chi connectivity index (χ1) is 14.5. The van der Waals surface area contributed by atoms with E-state index in [0.717, 1.165) is 24.7 Å². The molecule has 0 bridgehead atoms. The number of phenolic OH excluding ortho intramolecular Hbond substituents is 1. The molecule has 0 aromatic heterocycles. The SMILES string of the molecule is CCNC(=NCCC(C)c1ccc(OC)cc1)NCCNC(=O)c1ccc(O)cc1. The van der Waals surface area contributed by atoms with E-state index in [9.17, 15) is 9.90 Å². The summed E-state index contributed by atoms with van der Waals surface area (Å²) in [5.41, 5.74) is 1.78. The molecule has 0 saturated carbocycles. The smallest absolute Gasteiger partial charge is 0.251 e. The lowest BCUT2D eigenvalue weighted by Crippen LogP contribution is -2.41. The van der Waals surface area contributed by atoms with Crippen molar-refractivity contribution in [3.63, 3.8) is 0 Å². The molecule has 2 rings (SSSR count). The monoisotopic (exact) mass is 412 g/mol. The van der Waals surface area contributed by atoms with Crippen molar-refractivity contribution in [3.8, 4) is 11.5 Å². The van der Waals surface area contributed by atoms with E-state index >= 15 is 0 Å². The number of nitrogens with one attached hydrogen (secondary N) is 3. The molecule has 0 spiro atoms. The van der Waals surface area contributed by atoms with Gasteiger partial charge in [-0.25, -0.2) is 0 Å². The standard InChI is InChI=1S/C23H32N4O3/c1-4-24-23(26-14-13-17(2)18-7-11-21(30-3)12-8-18)27-16-15-25-22(29)19-5-9-20(28)10-6-19/h5-12,17,28H,4,13-16H2,1-3H3,(H,25,29)(H2,24,26,27). The Labute approximate surface area is 178 Å². The Morgan fingerprint density at radius 1 is 1.03 bits per heavy atom. The van der Waals surface area contributed by atoms with Gasteiger partial charge < -0.3 is 25.8 Å². The number of amides is 1. The summed E-state index contributed by atoms with van der Waals surface area (Å²) >= 11 is 0. The number of ether oxygens (including phenoxy) is 1. The minimum atomic E-state index is -0.174. The van der Waals surface area contributed by atoms with Crippen molar-refractivity contribution in [3.05, 3.63) is 59.7 Å². The zero-order valence-electron chi connectivity index (χ0n) is 17.9. The topological polar surface area (TPSA) is 95.0 Å². The molecule has 0 radical (unpaired) electrons. The fourth-order valence-corrected chi connectivity index (χ4v) is 2.88. The number of carbonyl (C=O) groups excluding carboxylic acids is 1. The van der Waals surface area contributed by atoms with Crippen LogP contribution in [0.5, 0.6) is 11.5 Å². The van der Waals surface area contributed by atoms with Gasteiger partial charge in [-0.1, -0.05) is 19.1 Å². The highest BCUT2D eigenvalue weighted by Gasteiger charge is 2.07. The summed E-state index contributed by atoms with van der Waals surface area (Å²) in [7, 11) is 1.67. The lowest BCUT2D eigenvalue weighted by molar-refractivity contribution is 0.0954. The Kier molecular flexibility index (Phi) is 9.51. The summed E-state index contributed by atoms with van der Waals surface area (Å²) < 4.78 is 5.21. The number of hydrogen-bond acceptors (Lipinski definition) is 4. The van der Waals surface area contributed by atoms with Crippen molar-refractivity contribution < 1.29 is 14.6 Å². The van der Waals surface area contributed by atoms with Crippen molar-refractivity contribution in [1.29, 1.82) is 0 Å². The Morgan fingerprint density at radius 2 is 1.70 bits per heavy atom. The minimum absolute atomic E-state index is 0.140. The van der Waals surface area contributed by atoms with Crippen molar-refractivity contribution >= 4 is 11.9 Å². The average Bonchev–Trinajstić information content (AvgIpc) is 2.77. The van der Waals surface area contributed by atoms with E-state index in [4.69, 9.17) is 4.74 Å². The van der Waals surface area contributed by atoms with E-state index in [1.807, 2.05) is 19.1 Å². The van der Waals surface area contributed by atoms with Crippen LogP contribution in [0.25, 0.3) is 0 Å². The van der Waals surface area contributed by atoms with Crippen LogP contribution < -0.4 is 20.7 Å². The minimum Gasteiger partial charge on any atom is -0.508 e. The molecule has 162 valence electrons. The summed E-state index contributed by atoms with van der Waals surface area (Å²) in [5.74, 6) is 1.96. The van der Waals surface area contributed by atoms with Gasteiger partial charge in [0.1, 0.15) is 11.5 Å². The molecule has 7 nitrogen and oxygen atoms in total. The number of methoxy groups -OCH3 is 1. The maximum atomic E-state index is 12.1. The van der Waals surface area contributed by atoms with Gasteiger partial charge in [-0.2, -0.15) is 0 Å². The third kappa shape index (κ3) is 7.66. The molecule has 1 atom stereocenters. The Hall–Kier alpha value is -3.22. The molecule has 7 heteroatoms. The van der Waals surface area contributed by atoms with Crippen molar-refractivity contribution in [2.24, 2.45) is 4.99 Å². The molecular weight excluding hydrogens is 380 g/mol. The third-order valence-corrected chi connectivity index (χ3v) is 4.69. The van der Waals surface area contributed by atoms with Gasteiger partial charge in [-0.3, -0.25) is 9.79 Å². The number of aromatic hydroxyl groups is 1. The molecule has 30 heavy (non-hydrogen) atoms. The largest absolute Gasteiger partial charge is 0.508 e. The highest BCUT2D eigenvalue weighted by molar-refractivity contribution is 5.94. The molecule has 4 N–H and O–H groups in total. The van der Waals surface area contributed by atoms with Crippen LogP contribution in [0, 0.1) is 0 Å². The van der Waals surface area contributed by atoms with Gasteiger partial charge in [0, 0.05) is 31.7 Å². The second kappa shape index (κ2) is 12.4. The zero-order chi connectivity index (χ0) is 21.8. The zero-order valence-corrected chi connectivity index (χ0v) is 17.9. The van der Waals surface area contributed by atoms with Crippen LogP contribution in [0.1, 0.15) is 42.1 Å². The molecule has 2 aromatic rings. The molecule has 0 fully saturated rings. The number of carbonyl (C=O) groups is 1. The fraction of sp³-hybridized carbons (Fsp3) is 0.391. The van der Waals surface area contributed by atoms with E-state index in [-0.39, 0.29) is 11.7 Å². The highest BCUT2D eigenvalue weighted by Crippen LogP contribution is 2.21. The Morgan fingerprint density at radius 3 is 2.33 bits per heavy atom. The molecule has 0 saturated heterocycles. The van der Waals surface area contributed by atoms with Crippen LogP contribution in [0.15, 0.2) is 53.5 Å². The van der Waals surface area contributed by atoms with Crippen molar-refractivity contribution in [1.82, 2.24) is 16.0 Å². The summed E-state index contributed by atoms with van der Waals surface area (Å²) in [6.45, 7) is 6.69. The van der Waals surface area contributed by atoms with E-state index < -0.39 is 0 Å². The van der Waals surface area contributed by atoms with Gasteiger partial charge in [0.15, 0.2) is 5.96 Å². The van der Waals surface area contributed by atoms with Gasteiger partial charge >= 0.3 is 0 Å². The molecule has 2 aromatic carbocycles. The van der Waals surface area contributed by atoms with E-state index in [1.165, 1.54) is 17.7 Å². The van der Waals surface area contributed by atoms with Crippen LogP contribution in [0.3, 0.4) is 0 Å². The first kappa shape index (κ1) is 23.1. The van der Waals surface area contributed by atoms with Crippen LogP contribution in [0.2, 0.25) is 0 Å². The molecule has 0 heterocycles. The summed E-state index contributed by atoms with van der Waals surface area (Å²) in [5, 5.41) is 18.6. The number of rotatable bonds is 10. The second-order valence-corrected chi connectivity index (χ2v) is 6.95. The van der Waals surface area contributed by atoms with E-state index in [0.29, 0.717) is 31.1 Å². The predicted molar refractivity (Wildman–Crippen MR) is 120 cm³/mol. The third-order valence-electron chi connectivity index (χ3n) is 4.69. The predicted octanol–water partition coefficient (Wildman–Crippen LogP) is 2.88. The van der Waals surface area contributed by atoms with Crippen molar-refractivity contribution in [2.45, 2.75) is 26.2 Å². The first-order valence-electron chi connectivity index (χ1n) is 10.3. The van der Waals surface area contributed by atoms with Crippen molar-refractivity contribution in [2.75, 3.05) is 33.3 Å². The number of aliphatic imine (C=N–C) groups is 1. The molecular formula is C23H32N4O3. The number of benzene rings is 2. The number of hydrogen-bond donors (Lipinski definition) is 4. The van der Waals surface area contributed by atoms with Crippen LogP contribution in [-0.4, -0.2) is 50.3 Å². The molecule has 0 aliphatic heterocycles. The number of nitrogens with zero attached hydrogens (tertiary/aromatic N) is 1. The van der Waals surface area contributed by atoms with Gasteiger partial charge in [-0.05, 0) is 61.2 Å². The second-order valence-electron chi connectivity index (χ2n) is 6.95. The summed E-state index contributed by atoms with van der Waals surface area (Å²) in [6, 6.07) is 14.3. The Balaban J connectivity index is 1.75. The molecule has 1 unspecified atom stereocenters. The fourth-order valence-electron chi connectivity index (χ4n) is 2.88. The van der Waals surface area contributed by atoms with Crippen LogP contribution in [-0.2, 0) is 0 Å². The molecule has 0 aliphatic carbocycles. The maximum Gasteiger partial charge on any atom is 0.251 e. The maximum absolute atomic E-state index is 12.1. The van der Waals surface area contributed by atoms with Crippen LogP contribution in [0.4, 0.5) is 0 Å². The van der Waals surface area contributed by atoms with Gasteiger partial charge in [0.25, 0.3) is 5.91 Å². The highest BCUT2D eigenvalue weighted by atomic mass is 16.5. The number of guanidine groups is 1. The quantitative estimate of drug-likeness (QED) is 0.273.